The summed E-state index contributed by atoms with van der Waals surface area (Å²) in [6.07, 6.45) is 0. The molecule has 0 aliphatic heterocycles. The third-order valence-electron chi connectivity index (χ3n) is 1.44. The quantitative estimate of drug-likeness (QED) is 0.446. The van der Waals surface area contributed by atoms with Crippen molar-refractivity contribution in [3.05, 3.63) is 12.2 Å². The number of hydrogen-bond donors (Lipinski definition) is 0. The van der Waals surface area contributed by atoms with E-state index in [2.05, 4.69) is 6.58 Å². The summed E-state index contributed by atoms with van der Waals surface area (Å²) in [5.41, 5.74) is 0.00806. The summed E-state index contributed by atoms with van der Waals surface area (Å²) in [6, 6.07) is 1.73. The van der Waals surface area contributed by atoms with Crippen molar-refractivity contribution in [1.82, 2.24) is 4.90 Å². The second-order valence-electron chi connectivity index (χ2n) is 2.07. The van der Waals surface area contributed by atoms with E-state index in [1.54, 1.807) is 11.0 Å². The van der Waals surface area contributed by atoms with Gasteiger partial charge in [0.2, 0.25) is 0 Å². The Hall–Kier alpha value is -1.30. The number of likely N-dealkylation sites (N-methyl/N-ethyl adjacent to an activating group) is 1. The second kappa shape index (κ2) is 4.51. The number of amides is 1. The van der Waals surface area contributed by atoms with Crippen molar-refractivity contribution in [1.29, 1.82) is 5.26 Å². The van der Waals surface area contributed by atoms with Gasteiger partial charge < -0.3 is 4.90 Å². The number of nitriles is 1. The first kappa shape index (κ1) is 9.70. The van der Waals surface area contributed by atoms with Crippen molar-refractivity contribution >= 4 is 5.91 Å². The van der Waals surface area contributed by atoms with Crippen LogP contribution in [0.2, 0.25) is 0 Å². The van der Waals surface area contributed by atoms with Crippen LogP contribution in [0.4, 0.5) is 0 Å². The summed E-state index contributed by atoms with van der Waals surface area (Å²) in [7, 11) is 0. The van der Waals surface area contributed by atoms with Gasteiger partial charge in [0, 0.05) is 13.1 Å². The summed E-state index contributed by atoms with van der Waals surface area (Å²) in [4.78, 5) is 12.7. The third-order valence-corrected chi connectivity index (χ3v) is 1.44. The van der Waals surface area contributed by atoms with Crippen LogP contribution in [0.1, 0.15) is 13.8 Å². The lowest BCUT2D eigenvalue weighted by atomic mass is 10.3. The molecule has 0 aliphatic carbocycles. The minimum Gasteiger partial charge on any atom is -0.339 e. The van der Waals surface area contributed by atoms with Gasteiger partial charge in [-0.1, -0.05) is 6.58 Å². The maximum Gasteiger partial charge on any atom is 0.263 e. The van der Waals surface area contributed by atoms with E-state index in [0.29, 0.717) is 13.1 Å². The van der Waals surface area contributed by atoms with Gasteiger partial charge in [-0.15, -0.1) is 0 Å². The summed E-state index contributed by atoms with van der Waals surface area (Å²) < 4.78 is 0. The zero-order chi connectivity index (χ0) is 8.85. The van der Waals surface area contributed by atoms with Gasteiger partial charge >= 0.3 is 0 Å². The molecule has 1 amide bonds. The SMILES string of the molecule is C=C(C#N)C(=O)N(CC)CC. The Morgan fingerprint density at radius 3 is 2.27 bits per heavy atom. The highest BCUT2D eigenvalue weighted by atomic mass is 16.2. The van der Waals surface area contributed by atoms with Crippen LogP contribution in [-0.2, 0) is 4.79 Å². The molecule has 0 spiro atoms. The van der Waals surface area contributed by atoms with Crippen molar-refractivity contribution < 1.29 is 4.79 Å². The molecule has 0 bridgehead atoms. The maximum atomic E-state index is 11.1. The lowest BCUT2D eigenvalue weighted by molar-refractivity contribution is -0.126. The van der Waals surface area contributed by atoms with Crippen LogP contribution in [-0.4, -0.2) is 23.9 Å². The molecule has 0 N–H and O–H groups in total. The van der Waals surface area contributed by atoms with Crippen molar-refractivity contribution in [2.75, 3.05) is 13.1 Å². The fourth-order valence-corrected chi connectivity index (χ4v) is 0.750. The predicted molar refractivity (Wildman–Crippen MR) is 42.7 cm³/mol. The van der Waals surface area contributed by atoms with Crippen LogP contribution in [0.25, 0.3) is 0 Å². The smallest absolute Gasteiger partial charge is 0.263 e. The topological polar surface area (TPSA) is 44.1 Å². The van der Waals surface area contributed by atoms with Gasteiger partial charge in [-0.2, -0.15) is 5.26 Å². The standard InChI is InChI=1S/C8H12N2O/c1-4-10(5-2)8(11)7(3)6-9/h3-5H2,1-2H3. The Balaban J connectivity index is 4.24. The Kier molecular flexibility index (Phi) is 3.97. The number of hydrogen-bond acceptors (Lipinski definition) is 2. The van der Waals surface area contributed by atoms with Crippen molar-refractivity contribution in [3.8, 4) is 6.07 Å². The maximum absolute atomic E-state index is 11.1. The van der Waals surface area contributed by atoms with Crippen LogP contribution >= 0.6 is 0 Å². The molecule has 0 saturated heterocycles. The van der Waals surface area contributed by atoms with Gasteiger partial charge in [-0.3, -0.25) is 4.79 Å². The predicted octanol–water partition coefficient (Wildman–Crippen LogP) is 0.935. The zero-order valence-electron chi connectivity index (χ0n) is 6.92. The fraction of sp³-hybridized carbons (Fsp3) is 0.500. The number of carbonyl (C=O) groups is 1. The van der Waals surface area contributed by atoms with Crippen molar-refractivity contribution in [2.45, 2.75) is 13.8 Å². The molecular weight excluding hydrogens is 140 g/mol. The highest BCUT2D eigenvalue weighted by Crippen LogP contribution is 1.96. The molecule has 0 aromatic carbocycles. The summed E-state index contributed by atoms with van der Waals surface area (Å²) in [5, 5.41) is 8.35. The summed E-state index contributed by atoms with van der Waals surface area (Å²) in [6.45, 7) is 8.31. The molecule has 0 fully saturated rings. The van der Waals surface area contributed by atoms with E-state index in [9.17, 15) is 4.79 Å². The molecule has 0 aromatic rings. The molecule has 0 heterocycles. The van der Waals surface area contributed by atoms with Crippen LogP contribution in [0, 0.1) is 11.3 Å². The molecule has 3 nitrogen and oxygen atoms in total. The highest BCUT2D eigenvalue weighted by molar-refractivity contribution is 5.96. The van der Waals surface area contributed by atoms with E-state index in [1.807, 2.05) is 13.8 Å². The first-order valence-electron chi connectivity index (χ1n) is 3.55. The minimum absolute atomic E-state index is 0.00806. The largest absolute Gasteiger partial charge is 0.339 e. The van der Waals surface area contributed by atoms with Crippen LogP contribution in [0.5, 0.6) is 0 Å². The number of nitrogens with zero attached hydrogens (tertiary/aromatic N) is 2. The van der Waals surface area contributed by atoms with E-state index in [-0.39, 0.29) is 11.5 Å². The molecule has 60 valence electrons. The minimum atomic E-state index is -0.266. The first-order valence-corrected chi connectivity index (χ1v) is 3.55. The van der Waals surface area contributed by atoms with Gasteiger partial charge in [-0.25, -0.2) is 0 Å². The first-order chi connectivity index (χ1) is 5.17. The van der Waals surface area contributed by atoms with Crippen molar-refractivity contribution in [2.24, 2.45) is 0 Å². The van der Waals surface area contributed by atoms with Gasteiger partial charge in [0.25, 0.3) is 5.91 Å². The fourth-order valence-electron chi connectivity index (χ4n) is 0.750. The average Bonchev–Trinajstić information content (AvgIpc) is 2.05. The molecule has 0 rings (SSSR count). The molecule has 0 radical (unpaired) electrons. The lowest BCUT2D eigenvalue weighted by Gasteiger charge is -2.16. The molecule has 0 aliphatic rings. The molecule has 0 unspecified atom stereocenters. The molecule has 0 atom stereocenters. The summed E-state index contributed by atoms with van der Waals surface area (Å²) in [5.74, 6) is -0.266. The van der Waals surface area contributed by atoms with E-state index >= 15 is 0 Å². The number of carbonyl (C=O) groups excluding carboxylic acids is 1. The van der Waals surface area contributed by atoms with Gasteiger partial charge in [0.15, 0.2) is 0 Å². The van der Waals surface area contributed by atoms with Crippen LogP contribution < -0.4 is 0 Å². The number of rotatable bonds is 3. The van der Waals surface area contributed by atoms with E-state index < -0.39 is 0 Å². The van der Waals surface area contributed by atoms with Gasteiger partial charge in [0.1, 0.15) is 11.6 Å². The molecule has 0 aromatic heterocycles. The second-order valence-corrected chi connectivity index (χ2v) is 2.07. The summed E-state index contributed by atoms with van der Waals surface area (Å²) >= 11 is 0. The average molecular weight is 152 g/mol. The van der Waals surface area contributed by atoms with E-state index in [1.165, 1.54) is 0 Å². The van der Waals surface area contributed by atoms with Crippen LogP contribution in [0.15, 0.2) is 12.2 Å². The Morgan fingerprint density at radius 1 is 1.55 bits per heavy atom. The van der Waals surface area contributed by atoms with E-state index in [0.717, 1.165) is 0 Å². The highest BCUT2D eigenvalue weighted by Gasteiger charge is 2.11. The van der Waals surface area contributed by atoms with Crippen molar-refractivity contribution in [3.63, 3.8) is 0 Å². The Morgan fingerprint density at radius 2 is 2.00 bits per heavy atom. The molecular formula is C8H12N2O. The normalized spacial score (nSPS) is 8.45. The van der Waals surface area contributed by atoms with Crippen LogP contribution in [0.3, 0.4) is 0 Å². The lowest BCUT2D eigenvalue weighted by Crippen LogP contribution is -2.30. The Labute approximate surface area is 66.9 Å². The zero-order valence-corrected chi connectivity index (χ0v) is 6.92. The van der Waals surface area contributed by atoms with Gasteiger partial charge in [-0.05, 0) is 13.8 Å². The molecule has 11 heavy (non-hydrogen) atoms. The third kappa shape index (κ3) is 2.42. The van der Waals surface area contributed by atoms with Gasteiger partial charge in [0.05, 0.1) is 0 Å². The Bertz CT molecular complexity index is 199. The molecule has 0 saturated carbocycles. The molecule has 3 heteroatoms. The monoisotopic (exact) mass is 152 g/mol. The van der Waals surface area contributed by atoms with E-state index in [4.69, 9.17) is 5.26 Å².